The van der Waals surface area contributed by atoms with E-state index in [1.54, 1.807) is 11.3 Å². The second kappa shape index (κ2) is 6.02. The molecule has 94 valence electrons. The molecule has 0 atom stereocenters. The van der Waals surface area contributed by atoms with E-state index < -0.39 is 0 Å². The molecular formula is C12H19N3OS. The van der Waals surface area contributed by atoms with Crippen LogP contribution in [0.2, 0.25) is 0 Å². The van der Waals surface area contributed by atoms with Gasteiger partial charge in [-0.25, -0.2) is 0 Å². The van der Waals surface area contributed by atoms with Crippen LogP contribution in [0.3, 0.4) is 0 Å². The minimum Gasteiger partial charge on any atom is -0.409 e. The molecule has 0 radical (unpaired) electrons. The van der Waals surface area contributed by atoms with Gasteiger partial charge >= 0.3 is 0 Å². The molecule has 0 aliphatic heterocycles. The van der Waals surface area contributed by atoms with E-state index in [-0.39, 0.29) is 0 Å². The predicted octanol–water partition coefficient (Wildman–Crippen LogP) is 2.24. The summed E-state index contributed by atoms with van der Waals surface area (Å²) >= 11 is 1.76. The molecule has 1 fully saturated rings. The van der Waals surface area contributed by atoms with E-state index in [9.17, 15) is 0 Å². The first-order valence-corrected chi connectivity index (χ1v) is 6.90. The zero-order chi connectivity index (χ0) is 12.1. The summed E-state index contributed by atoms with van der Waals surface area (Å²) in [5, 5.41) is 13.9. The minimum atomic E-state index is 0.299. The molecule has 0 aromatic carbocycles. The fourth-order valence-electron chi connectivity index (χ4n) is 2.43. The third-order valence-electron chi connectivity index (χ3n) is 3.27. The van der Waals surface area contributed by atoms with Crippen LogP contribution >= 0.6 is 11.3 Å². The Morgan fingerprint density at radius 3 is 2.88 bits per heavy atom. The van der Waals surface area contributed by atoms with Crippen LogP contribution in [0.15, 0.2) is 22.7 Å². The summed E-state index contributed by atoms with van der Waals surface area (Å²) < 4.78 is 0. The molecule has 5 heteroatoms. The van der Waals surface area contributed by atoms with Gasteiger partial charge in [-0.1, -0.05) is 24.1 Å². The first-order valence-electron chi connectivity index (χ1n) is 6.02. The van der Waals surface area contributed by atoms with E-state index in [0.717, 1.165) is 6.54 Å². The van der Waals surface area contributed by atoms with Gasteiger partial charge in [0.15, 0.2) is 5.84 Å². The normalized spacial score (nSPS) is 18.1. The van der Waals surface area contributed by atoms with Gasteiger partial charge in [0.1, 0.15) is 0 Å². The van der Waals surface area contributed by atoms with Gasteiger partial charge < -0.3 is 10.9 Å². The number of thiophene rings is 1. The topological polar surface area (TPSA) is 61.8 Å². The van der Waals surface area contributed by atoms with Crippen molar-refractivity contribution in [3.05, 3.63) is 22.4 Å². The number of hydrogen-bond donors (Lipinski definition) is 2. The highest BCUT2D eigenvalue weighted by Crippen LogP contribution is 2.25. The van der Waals surface area contributed by atoms with Crippen molar-refractivity contribution >= 4 is 17.2 Å². The van der Waals surface area contributed by atoms with Crippen molar-refractivity contribution in [2.45, 2.75) is 38.3 Å². The van der Waals surface area contributed by atoms with Gasteiger partial charge in [0.2, 0.25) is 0 Å². The molecule has 1 heterocycles. The molecule has 3 N–H and O–H groups in total. The molecule has 0 amide bonds. The van der Waals surface area contributed by atoms with Crippen LogP contribution < -0.4 is 5.73 Å². The van der Waals surface area contributed by atoms with Crippen LogP contribution in [-0.4, -0.2) is 28.5 Å². The molecule has 1 aliphatic rings. The number of nitrogens with zero attached hydrogens (tertiary/aromatic N) is 2. The first kappa shape index (κ1) is 12.4. The Hall–Kier alpha value is -1.07. The van der Waals surface area contributed by atoms with Crippen molar-refractivity contribution < 1.29 is 5.21 Å². The van der Waals surface area contributed by atoms with Gasteiger partial charge in [0, 0.05) is 17.5 Å². The van der Waals surface area contributed by atoms with Crippen LogP contribution in [0, 0.1) is 0 Å². The van der Waals surface area contributed by atoms with Crippen molar-refractivity contribution in [2.24, 2.45) is 10.9 Å². The molecule has 1 aromatic heterocycles. The van der Waals surface area contributed by atoms with E-state index in [4.69, 9.17) is 10.9 Å². The summed E-state index contributed by atoms with van der Waals surface area (Å²) in [7, 11) is 0. The van der Waals surface area contributed by atoms with Crippen molar-refractivity contribution in [1.29, 1.82) is 0 Å². The van der Waals surface area contributed by atoms with Crippen molar-refractivity contribution in [3.8, 4) is 0 Å². The maximum absolute atomic E-state index is 8.69. The molecule has 1 aromatic rings. The van der Waals surface area contributed by atoms with Crippen LogP contribution in [0.4, 0.5) is 0 Å². The number of hydrogen-bond acceptors (Lipinski definition) is 4. The van der Waals surface area contributed by atoms with Gasteiger partial charge in [-0.05, 0) is 24.3 Å². The largest absolute Gasteiger partial charge is 0.409 e. The number of nitrogens with two attached hydrogens (primary N) is 1. The number of oxime groups is 1. The third-order valence-corrected chi connectivity index (χ3v) is 4.13. The lowest BCUT2D eigenvalue weighted by Crippen LogP contribution is -2.39. The number of rotatable bonds is 5. The Kier molecular flexibility index (Phi) is 4.39. The molecule has 0 bridgehead atoms. The molecule has 0 spiro atoms. The lowest BCUT2D eigenvalue weighted by atomic mass is 10.2. The third kappa shape index (κ3) is 3.44. The predicted molar refractivity (Wildman–Crippen MR) is 70.4 cm³/mol. The SMILES string of the molecule is NC(CN(Cc1cccs1)C1CCCC1)=NO. The summed E-state index contributed by atoms with van der Waals surface area (Å²) in [6.07, 6.45) is 5.04. The Morgan fingerprint density at radius 1 is 1.53 bits per heavy atom. The maximum Gasteiger partial charge on any atom is 0.153 e. The molecule has 17 heavy (non-hydrogen) atoms. The highest BCUT2D eigenvalue weighted by Gasteiger charge is 2.23. The number of amidine groups is 1. The van der Waals surface area contributed by atoms with Crippen molar-refractivity contribution in [2.75, 3.05) is 6.54 Å². The average Bonchev–Trinajstić information content (AvgIpc) is 3.00. The highest BCUT2D eigenvalue weighted by molar-refractivity contribution is 7.09. The second-order valence-corrected chi connectivity index (χ2v) is 5.55. The van der Waals surface area contributed by atoms with Crippen LogP contribution in [0.25, 0.3) is 0 Å². The van der Waals surface area contributed by atoms with Crippen LogP contribution in [-0.2, 0) is 6.54 Å². The summed E-state index contributed by atoms with van der Waals surface area (Å²) in [6, 6.07) is 4.78. The monoisotopic (exact) mass is 253 g/mol. The van der Waals surface area contributed by atoms with Crippen molar-refractivity contribution in [1.82, 2.24) is 4.90 Å². The lowest BCUT2D eigenvalue weighted by Gasteiger charge is -2.27. The van der Waals surface area contributed by atoms with E-state index >= 15 is 0 Å². The van der Waals surface area contributed by atoms with Crippen LogP contribution in [0.5, 0.6) is 0 Å². The van der Waals surface area contributed by atoms with E-state index in [1.165, 1.54) is 30.6 Å². The van der Waals surface area contributed by atoms with Gasteiger partial charge in [0.25, 0.3) is 0 Å². The fourth-order valence-corrected chi connectivity index (χ4v) is 3.16. The summed E-state index contributed by atoms with van der Waals surface area (Å²) in [4.78, 5) is 3.66. The molecule has 1 aliphatic carbocycles. The maximum atomic E-state index is 8.69. The van der Waals surface area contributed by atoms with Gasteiger partial charge in [-0.15, -0.1) is 11.3 Å². The minimum absolute atomic E-state index is 0.299. The van der Waals surface area contributed by atoms with Crippen LogP contribution in [0.1, 0.15) is 30.6 Å². The van der Waals surface area contributed by atoms with Crippen molar-refractivity contribution in [3.63, 3.8) is 0 Å². The summed E-state index contributed by atoms with van der Waals surface area (Å²) in [5.41, 5.74) is 5.63. The lowest BCUT2D eigenvalue weighted by molar-refractivity contribution is 0.216. The highest BCUT2D eigenvalue weighted by atomic mass is 32.1. The van der Waals surface area contributed by atoms with Gasteiger partial charge in [-0.3, -0.25) is 4.90 Å². The standard InChI is InChI=1S/C12H19N3OS/c13-12(14-16)9-15(10-4-1-2-5-10)8-11-6-3-7-17-11/h3,6-7,10,16H,1-2,4-5,8-9H2,(H2,13,14). The Morgan fingerprint density at radius 2 is 2.29 bits per heavy atom. The van der Waals surface area contributed by atoms with E-state index in [0.29, 0.717) is 18.4 Å². The first-order chi connectivity index (χ1) is 8.29. The molecule has 0 saturated heterocycles. The molecule has 0 unspecified atom stereocenters. The van der Waals surface area contributed by atoms with Gasteiger partial charge in [-0.2, -0.15) is 0 Å². The Labute approximate surface area is 106 Å². The van der Waals surface area contributed by atoms with E-state index in [1.807, 2.05) is 0 Å². The molecule has 4 nitrogen and oxygen atoms in total. The Bertz CT molecular complexity index is 358. The molecular weight excluding hydrogens is 234 g/mol. The average molecular weight is 253 g/mol. The Balaban J connectivity index is 2.00. The summed E-state index contributed by atoms with van der Waals surface area (Å²) in [5.74, 6) is 0.299. The van der Waals surface area contributed by atoms with E-state index in [2.05, 4.69) is 27.6 Å². The zero-order valence-corrected chi connectivity index (χ0v) is 10.7. The zero-order valence-electron chi connectivity index (χ0n) is 9.88. The quantitative estimate of drug-likeness (QED) is 0.366. The molecule has 1 saturated carbocycles. The fraction of sp³-hybridized carbons (Fsp3) is 0.583. The van der Waals surface area contributed by atoms with Gasteiger partial charge in [0.05, 0.1) is 6.54 Å². The molecule has 2 rings (SSSR count). The summed E-state index contributed by atoms with van der Waals surface area (Å²) in [6.45, 7) is 1.46. The second-order valence-electron chi connectivity index (χ2n) is 4.51. The smallest absolute Gasteiger partial charge is 0.153 e.